The van der Waals surface area contributed by atoms with E-state index in [1.54, 1.807) is 7.11 Å². The molecular formula is C12H18N2O. The fraction of sp³-hybridized carbons (Fsp3) is 0.583. The maximum atomic E-state index is 6.11. The van der Waals surface area contributed by atoms with Gasteiger partial charge in [-0.1, -0.05) is 6.07 Å². The molecule has 2 unspecified atom stereocenters. The molecule has 2 atom stereocenters. The van der Waals surface area contributed by atoms with Crippen molar-refractivity contribution in [1.29, 1.82) is 0 Å². The van der Waals surface area contributed by atoms with E-state index in [1.165, 1.54) is 17.7 Å². The van der Waals surface area contributed by atoms with Crippen molar-refractivity contribution in [2.45, 2.75) is 31.2 Å². The topological polar surface area (TPSA) is 48.1 Å². The van der Waals surface area contributed by atoms with Crippen molar-refractivity contribution >= 4 is 0 Å². The van der Waals surface area contributed by atoms with E-state index in [4.69, 9.17) is 10.5 Å². The first kappa shape index (κ1) is 10.6. The maximum Gasteiger partial charge on any atom is 0.0620 e. The highest BCUT2D eigenvalue weighted by Gasteiger charge is 2.26. The minimum absolute atomic E-state index is 0.0731. The Morgan fingerprint density at radius 1 is 1.67 bits per heavy atom. The average Bonchev–Trinajstić information content (AvgIpc) is 2.28. The first-order valence-electron chi connectivity index (χ1n) is 5.51. The van der Waals surface area contributed by atoms with Gasteiger partial charge in [-0.15, -0.1) is 0 Å². The first-order valence-corrected chi connectivity index (χ1v) is 5.51. The van der Waals surface area contributed by atoms with Crippen LogP contribution in [0.4, 0.5) is 0 Å². The normalized spacial score (nSPS) is 22.1. The van der Waals surface area contributed by atoms with Crippen molar-refractivity contribution in [3.05, 3.63) is 29.6 Å². The van der Waals surface area contributed by atoms with Gasteiger partial charge in [0.15, 0.2) is 0 Å². The van der Waals surface area contributed by atoms with E-state index >= 15 is 0 Å². The van der Waals surface area contributed by atoms with Crippen LogP contribution in [0.25, 0.3) is 0 Å². The van der Waals surface area contributed by atoms with E-state index in [0.717, 1.165) is 12.8 Å². The molecule has 0 aliphatic heterocycles. The standard InChI is InChI=1S/C12H18N2O/c1-15-8-11(13)10-6-2-4-9-5-3-7-14-12(9)10/h3,5,7,10-11H,2,4,6,8,13H2,1H3. The second-order valence-corrected chi connectivity index (χ2v) is 4.17. The SMILES string of the molecule is COCC(N)C1CCCc2cccnc21. The van der Waals surface area contributed by atoms with Crippen LogP contribution in [0.1, 0.15) is 30.0 Å². The number of nitrogens with zero attached hydrogens (tertiary/aromatic N) is 1. The number of hydrogen-bond donors (Lipinski definition) is 1. The van der Waals surface area contributed by atoms with E-state index in [2.05, 4.69) is 11.1 Å². The summed E-state index contributed by atoms with van der Waals surface area (Å²) in [5, 5.41) is 0. The van der Waals surface area contributed by atoms with E-state index in [1.807, 2.05) is 12.3 Å². The number of methoxy groups -OCH3 is 1. The zero-order valence-electron chi connectivity index (χ0n) is 9.15. The summed E-state index contributed by atoms with van der Waals surface area (Å²) in [5.74, 6) is 0.370. The van der Waals surface area contributed by atoms with E-state index in [-0.39, 0.29) is 6.04 Å². The Hall–Kier alpha value is -0.930. The molecule has 0 saturated carbocycles. The molecule has 2 rings (SSSR count). The Morgan fingerprint density at radius 2 is 2.53 bits per heavy atom. The van der Waals surface area contributed by atoms with Crippen LogP contribution in [-0.2, 0) is 11.2 Å². The van der Waals surface area contributed by atoms with Gasteiger partial charge in [-0.05, 0) is 30.9 Å². The van der Waals surface area contributed by atoms with Crippen LogP contribution in [0.2, 0.25) is 0 Å². The third kappa shape index (κ3) is 2.19. The highest BCUT2D eigenvalue weighted by molar-refractivity contribution is 5.27. The monoisotopic (exact) mass is 206 g/mol. The van der Waals surface area contributed by atoms with Crippen molar-refractivity contribution in [1.82, 2.24) is 4.98 Å². The number of nitrogens with two attached hydrogens (primary N) is 1. The third-order valence-corrected chi connectivity index (χ3v) is 3.11. The number of ether oxygens (including phenoxy) is 1. The molecule has 1 aliphatic carbocycles. The summed E-state index contributed by atoms with van der Waals surface area (Å²) in [7, 11) is 1.70. The van der Waals surface area contributed by atoms with Crippen LogP contribution in [0.5, 0.6) is 0 Å². The lowest BCUT2D eigenvalue weighted by Gasteiger charge is -2.28. The Labute approximate surface area is 90.7 Å². The number of hydrogen-bond acceptors (Lipinski definition) is 3. The maximum absolute atomic E-state index is 6.11. The first-order chi connectivity index (χ1) is 7.33. The second kappa shape index (κ2) is 4.73. The van der Waals surface area contributed by atoms with Gasteiger partial charge in [0.2, 0.25) is 0 Å². The Bertz CT molecular complexity index is 327. The molecular weight excluding hydrogens is 188 g/mol. The molecule has 3 heteroatoms. The Morgan fingerprint density at radius 3 is 3.33 bits per heavy atom. The summed E-state index contributed by atoms with van der Waals surface area (Å²) in [6.45, 7) is 0.612. The van der Waals surface area contributed by atoms with Gasteiger partial charge < -0.3 is 10.5 Å². The third-order valence-electron chi connectivity index (χ3n) is 3.11. The van der Waals surface area contributed by atoms with Crippen molar-refractivity contribution in [3.63, 3.8) is 0 Å². The smallest absolute Gasteiger partial charge is 0.0620 e. The van der Waals surface area contributed by atoms with E-state index < -0.39 is 0 Å². The fourth-order valence-electron chi connectivity index (χ4n) is 2.37. The minimum Gasteiger partial charge on any atom is -0.383 e. The van der Waals surface area contributed by atoms with Crippen LogP contribution >= 0.6 is 0 Å². The molecule has 0 saturated heterocycles. The molecule has 0 spiro atoms. The van der Waals surface area contributed by atoms with Gasteiger partial charge in [0.05, 0.1) is 6.61 Å². The van der Waals surface area contributed by atoms with Crippen molar-refractivity contribution in [2.75, 3.05) is 13.7 Å². The molecule has 1 aromatic rings. The van der Waals surface area contributed by atoms with Gasteiger partial charge in [0, 0.05) is 31.0 Å². The van der Waals surface area contributed by atoms with Crippen LogP contribution in [-0.4, -0.2) is 24.7 Å². The predicted molar refractivity (Wildman–Crippen MR) is 59.8 cm³/mol. The van der Waals surface area contributed by atoms with Crippen molar-refractivity contribution in [3.8, 4) is 0 Å². The lowest BCUT2D eigenvalue weighted by Crippen LogP contribution is -2.35. The van der Waals surface area contributed by atoms with Crippen molar-refractivity contribution < 1.29 is 4.74 Å². The summed E-state index contributed by atoms with van der Waals surface area (Å²) in [6.07, 6.45) is 5.34. The van der Waals surface area contributed by atoms with Gasteiger partial charge in [-0.25, -0.2) is 0 Å². The number of rotatable bonds is 3. The zero-order valence-corrected chi connectivity index (χ0v) is 9.15. The summed E-state index contributed by atoms with van der Waals surface area (Å²) >= 11 is 0. The van der Waals surface area contributed by atoms with E-state index in [0.29, 0.717) is 12.5 Å². The molecule has 0 amide bonds. The number of aryl methyl sites for hydroxylation is 1. The highest BCUT2D eigenvalue weighted by atomic mass is 16.5. The highest BCUT2D eigenvalue weighted by Crippen LogP contribution is 2.31. The second-order valence-electron chi connectivity index (χ2n) is 4.17. The van der Waals surface area contributed by atoms with Gasteiger partial charge >= 0.3 is 0 Å². The van der Waals surface area contributed by atoms with Crippen LogP contribution in [0.3, 0.4) is 0 Å². The Kier molecular flexibility index (Phi) is 3.34. The van der Waals surface area contributed by atoms with Gasteiger partial charge in [-0.2, -0.15) is 0 Å². The summed E-state index contributed by atoms with van der Waals surface area (Å²) in [6, 6.07) is 4.24. The summed E-state index contributed by atoms with van der Waals surface area (Å²) in [5.41, 5.74) is 8.66. The van der Waals surface area contributed by atoms with Crippen molar-refractivity contribution in [2.24, 2.45) is 5.73 Å². The molecule has 0 aromatic carbocycles. The molecule has 1 aromatic heterocycles. The largest absolute Gasteiger partial charge is 0.383 e. The lowest BCUT2D eigenvalue weighted by molar-refractivity contribution is 0.166. The summed E-state index contributed by atoms with van der Waals surface area (Å²) in [4.78, 5) is 4.47. The zero-order chi connectivity index (χ0) is 10.7. The average molecular weight is 206 g/mol. The molecule has 82 valence electrons. The molecule has 0 radical (unpaired) electrons. The van der Waals surface area contributed by atoms with Gasteiger partial charge in [-0.3, -0.25) is 4.98 Å². The molecule has 1 aliphatic rings. The quantitative estimate of drug-likeness (QED) is 0.814. The molecule has 0 bridgehead atoms. The van der Waals surface area contributed by atoms with E-state index in [9.17, 15) is 0 Å². The lowest BCUT2D eigenvalue weighted by atomic mass is 9.82. The molecule has 0 fully saturated rings. The minimum atomic E-state index is 0.0731. The summed E-state index contributed by atoms with van der Waals surface area (Å²) < 4.78 is 5.12. The Balaban J connectivity index is 2.21. The van der Waals surface area contributed by atoms with Crippen LogP contribution in [0, 0.1) is 0 Å². The molecule has 2 N–H and O–H groups in total. The van der Waals surface area contributed by atoms with Gasteiger partial charge in [0.25, 0.3) is 0 Å². The fourth-order valence-corrected chi connectivity index (χ4v) is 2.37. The van der Waals surface area contributed by atoms with Gasteiger partial charge in [0.1, 0.15) is 0 Å². The van der Waals surface area contributed by atoms with Crippen LogP contribution < -0.4 is 5.73 Å². The predicted octanol–water partition coefficient (Wildman–Crippen LogP) is 1.48. The number of aromatic nitrogens is 1. The number of pyridine rings is 1. The molecule has 1 heterocycles. The number of fused-ring (bicyclic) bond motifs is 1. The van der Waals surface area contributed by atoms with Crippen LogP contribution in [0.15, 0.2) is 18.3 Å². The molecule has 15 heavy (non-hydrogen) atoms. The molecule has 3 nitrogen and oxygen atoms in total.